The van der Waals surface area contributed by atoms with Crippen LogP contribution in [0.3, 0.4) is 0 Å². The van der Waals surface area contributed by atoms with Crippen LogP contribution in [-0.4, -0.2) is 62.6 Å². The highest BCUT2D eigenvalue weighted by Gasteiger charge is 2.56. The quantitative estimate of drug-likeness (QED) is 0.240. The van der Waals surface area contributed by atoms with Gasteiger partial charge in [0.05, 0.1) is 12.2 Å². The molecular weight excluding hydrogens is 448 g/mol. The Labute approximate surface area is 196 Å². The van der Waals surface area contributed by atoms with Gasteiger partial charge in [-0.05, 0) is 23.8 Å². The number of hydrogen-bond acceptors (Lipinski definition) is 10. The number of fused-ring (bicyclic) bond motifs is 3. The molecule has 0 heterocycles. The predicted octanol–water partition coefficient (Wildman–Crippen LogP) is 2.46. The van der Waals surface area contributed by atoms with Crippen LogP contribution >= 0.6 is 0 Å². The van der Waals surface area contributed by atoms with Crippen molar-refractivity contribution in [2.75, 3.05) is 13.2 Å². The molecule has 10 nitrogen and oxygen atoms in total. The van der Waals surface area contributed by atoms with E-state index in [1.165, 1.54) is 6.92 Å². The molecule has 0 aliphatic heterocycles. The summed E-state index contributed by atoms with van der Waals surface area (Å²) in [5.41, 5.74) is -2.78. The van der Waals surface area contributed by atoms with Gasteiger partial charge >= 0.3 is 11.9 Å². The summed E-state index contributed by atoms with van der Waals surface area (Å²) in [5, 5.41) is 53.8. The second-order valence-electron chi connectivity index (χ2n) is 9.80. The number of ketones is 1. The van der Waals surface area contributed by atoms with E-state index < -0.39 is 82.4 Å². The summed E-state index contributed by atoms with van der Waals surface area (Å²) in [4.78, 5) is 36.2. The largest absolute Gasteiger partial charge is 0.507 e. The van der Waals surface area contributed by atoms with Crippen molar-refractivity contribution in [3.05, 3.63) is 28.0 Å². The zero-order valence-electron chi connectivity index (χ0n) is 19.8. The molecule has 1 aromatic carbocycles. The van der Waals surface area contributed by atoms with Gasteiger partial charge in [-0.3, -0.25) is 14.4 Å². The van der Waals surface area contributed by atoms with Crippen LogP contribution in [0.2, 0.25) is 0 Å². The van der Waals surface area contributed by atoms with E-state index in [0.29, 0.717) is 12.0 Å². The maximum absolute atomic E-state index is 13.3. The number of benzene rings is 1. The predicted molar refractivity (Wildman–Crippen MR) is 118 cm³/mol. The lowest BCUT2D eigenvalue weighted by Crippen LogP contribution is -2.49. The maximum Gasteiger partial charge on any atom is 0.302 e. The van der Waals surface area contributed by atoms with Gasteiger partial charge in [0.15, 0.2) is 17.3 Å². The Morgan fingerprint density at radius 1 is 1.00 bits per heavy atom. The molecule has 2 aliphatic rings. The molecule has 1 saturated carbocycles. The number of allylic oxidation sites excluding steroid dienone is 2. The van der Waals surface area contributed by atoms with E-state index in [9.17, 15) is 39.9 Å². The van der Waals surface area contributed by atoms with Gasteiger partial charge in [-0.1, -0.05) is 20.8 Å². The average Bonchev–Trinajstić information content (AvgIpc) is 2.69. The minimum atomic E-state index is -1.29. The molecule has 2 aliphatic carbocycles. The summed E-state index contributed by atoms with van der Waals surface area (Å²) >= 11 is 0. The number of phenols is 3. The first kappa shape index (κ1) is 25.4. The number of esters is 2. The summed E-state index contributed by atoms with van der Waals surface area (Å²) < 4.78 is 10.3. The van der Waals surface area contributed by atoms with Crippen molar-refractivity contribution in [1.82, 2.24) is 0 Å². The minimum Gasteiger partial charge on any atom is -0.507 e. The summed E-state index contributed by atoms with van der Waals surface area (Å²) in [5.74, 6) is -6.17. The number of aromatic hydroxyl groups is 3. The van der Waals surface area contributed by atoms with E-state index in [1.807, 2.05) is 0 Å². The first-order valence-corrected chi connectivity index (χ1v) is 10.9. The number of aliphatic hydroxyl groups excluding tert-OH is 2. The van der Waals surface area contributed by atoms with Crippen LogP contribution in [0.5, 0.6) is 17.2 Å². The molecule has 1 unspecified atom stereocenters. The summed E-state index contributed by atoms with van der Waals surface area (Å²) in [6.45, 7) is 6.42. The van der Waals surface area contributed by atoms with Gasteiger partial charge in [0.1, 0.15) is 18.5 Å². The molecule has 1 aromatic rings. The van der Waals surface area contributed by atoms with E-state index in [0.717, 1.165) is 6.92 Å². The summed E-state index contributed by atoms with van der Waals surface area (Å²) in [6.07, 6.45) is -0.262. The van der Waals surface area contributed by atoms with Crippen molar-refractivity contribution in [2.24, 2.45) is 5.41 Å². The molecule has 0 spiro atoms. The lowest BCUT2D eigenvalue weighted by molar-refractivity contribution is -0.149. The van der Waals surface area contributed by atoms with Crippen LogP contribution in [0, 0.1) is 5.41 Å². The monoisotopic (exact) mass is 478 g/mol. The fourth-order valence-electron chi connectivity index (χ4n) is 5.73. The molecule has 0 radical (unpaired) electrons. The Morgan fingerprint density at radius 2 is 1.62 bits per heavy atom. The second-order valence-corrected chi connectivity index (χ2v) is 9.80. The van der Waals surface area contributed by atoms with Gasteiger partial charge in [-0.25, -0.2) is 0 Å². The lowest BCUT2D eigenvalue weighted by Gasteiger charge is -2.51. The van der Waals surface area contributed by atoms with E-state index in [-0.39, 0.29) is 17.5 Å². The molecule has 0 aromatic heterocycles. The smallest absolute Gasteiger partial charge is 0.302 e. The van der Waals surface area contributed by atoms with E-state index in [4.69, 9.17) is 9.47 Å². The highest BCUT2D eigenvalue weighted by Crippen LogP contribution is 2.61. The van der Waals surface area contributed by atoms with Crippen molar-refractivity contribution < 1.29 is 49.4 Å². The lowest BCUT2D eigenvalue weighted by atomic mass is 9.53. The fraction of sp³-hybridized carbons (Fsp3) is 0.542. The number of aliphatic hydroxyl groups is 2. The minimum absolute atomic E-state index is 0.0678. The van der Waals surface area contributed by atoms with Gasteiger partial charge in [0.2, 0.25) is 5.78 Å². The van der Waals surface area contributed by atoms with Crippen LogP contribution in [0.1, 0.15) is 74.9 Å². The van der Waals surface area contributed by atoms with Gasteiger partial charge in [-0.15, -0.1) is 0 Å². The zero-order valence-corrected chi connectivity index (χ0v) is 19.8. The molecular formula is C24H30O10. The molecule has 3 atom stereocenters. The SMILES string of the molecule is CC(=O)OCC(CO)c1c(O)c(O)c2c(c1O)C(=O)C(O)=C1C(C)(C)C[C@H](OC(C)=O)C[C@@]12C. The Kier molecular flexibility index (Phi) is 6.34. The number of rotatable bonds is 5. The highest BCUT2D eigenvalue weighted by molar-refractivity contribution is 6.13. The number of phenolic OH excluding ortho intramolecular Hbond substituents is 3. The Balaban J connectivity index is 2.30. The van der Waals surface area contributed by atoms with Crippen LogP contribution in [0.4, 0.5) is 0 Å². The van der Waals surface area contributed by atoms with Crippen molar-refractivity contribution in [2.45, 2.75) is 64.9 Å². The van der Waals surface area contributed by atoms with Gasteiger partial charge < -0.3 is 35.0 Å². The fourth-order valence-corrected chi connectivity index (χ4v) is 5.73. The van der Waals surface area contributed by atoms with E-state index in [2.05, 4.69) is 0 Å². The topological polar surface area (TPSA) is 171 Å². The standard InChI is InChI=1S/C24H30O10/c1-10(26)33-9-12(8-25)14-17(28)15-16(20(31)18(14)29)24(5)7-13(34-11(2)27)6-23(3,4)22(24)21(32)19(15)30/h12-13,25,28-29,31-32H,6-9H2,1-5H3/t12?,13-,24+/m0/s1. The van der Waals surface area contributed by atoms with Crippen molar-refractivity contribution in [1.29, 1.82) is 0 Å². The van der Waals surface area contributed by atoms with Gasteiger partial charge in [-0.2, -0.15) is 0 Å². The van der Waals surface area contributed by atoms with Gasteiger partial charge in [0.25, 0.3) is 0 Å². The maximum atomic E-state index is 13.3. The molecule has 34 heavy (non-hydrogen) atoms. The number of carbonyl (C=O) groups excluding carboxylic acids is 3. The number of Topliss-reactive ketones (excluding diaryl/α,β-unsaturated/α-hetero) is 1. The van der Waals surface area contributed by atoms with Crippen LogP contribution in [-0.2, 0) is 24.5 Å². The third-order valence-corrected chi connectivity index (χ3v) is 6.74. The summed E-state index contributed by atoms with van der Waals surface area (Å²) in [7, 11) is 0. The first-order chi connectivity index (χ1) is 15.7. The average molecular weight is 478 g/mol. The van der Waals surface area contributed by atoms with Crippen LogP contribution in [0.15, 0.2) is 11.3 Å². The molecule has 10 heteroatoms. The molecule has 1 fully saturated rings. The van der Waals surface area contributed by atoms with E-state index in [1.54, 1.807) is 20.8 Å². The Morgan fingerprint density at radius 3 is 2.15 bits per heavy atom. The molecule has 3 rings (SSSR count). The second kappa shape index (κ2) is 8.50. The van der Waals surface area contributed by atoms with E-state index >= 15 is 0 Å². The normalized spacial score (nSPS) is 24.2. The first-order valence-electron chi connectivity index (χ1n) is 10.9. The third kappa shape index (κ3) is 3.85. The Bertz CT molecular complexity index is 1100. The molecule has 0 amide bonds. The molecule has 0 bridgehead atoms. The number of hydrogen-bond donors (Lipinski definition) is 5. The van der Waals surface area contributed by atoms with Crippen molar-refractivity contribution in [3.8, 4) is 17.2 Å². The van der Waals surface area contributed by atoms with Gasteiger partial charge in [0, 0.05) is 36.3 Å². The molecule has 0 saturated heterocycles. The molecule has 5 N–H and O–H groups in total. The third-order valence-electron chi connectivity index (χ3n) is 6.74. The molecule has 186 valence electrons. The number of ether oxygens (including phenoxy) is 2. The Hall–Kier alpha value is -3.27. The van der Waals surface area contributed by atoms with Crippen LogP contribution < -0.4 is 0 Å². The number of carbonyl (C=O) groups is 3. The van der Waals surface area contributed by atoms with Crippen LogP contribution in [0.25, 0.3) is 0 Å². The zero-order chi connectivity index (χ0) is 25.7. The van der Waals surface area contributed by atoms with Crippen molar-refractivity contribution in [3.63, 3.8) is 0 Å². The highest BCUT2D eigenvalue weighted by atomic mass is 16.5. The summed E-state index contributed by atoms with van der Waals surface area (Å²) in [6, 6.07) is 0. The van der Waals surface area contributed by atoms with Crippen molar-refractivity contribution >= 4 is 17.7 Å².